The Balaban J connectivity index is 1.52. The lowest BCUT2D eigenvalue weighted by atomic mass is 10.1. The van der Waals surface area contributed by atoms with Gasteiger partial charge in [-0.15, -0.1) is 0 Å². The SMILES string of the molecule is Cc1nn(C)c(Cl)c1/C=C/C(=O)Nc1ccc(N2C(=O)c3ccccc3C2=O)c(Cl)c1. The summed E-state index contributed by atoms with van der Waals surface area (Å²) in [4.78, 5) is 38.6. The van der Waals surface area contributed by atoms with Crippen LogP contribution in [-0.2, 0) is 11.8 Å². The average molecular weight is 455 g/mol. The molecule has 2 aromatic carbocycles. The second-order valence-electron chi connectivity index (χ2n) is 6.89. The van der Waals surface area contributed by atoms with Gasteiger partial charge in [-0.25, -0.2) is 4.90 Å². The Labute approximate surface area is 187 Å². The lowest BCUT2D eigenvalue weighted by Crippen LogP contribution is -2.29. The first-order chi connectivity index (χ1) is 14.8. The molecule has 9 heteroatoms. The minimum atomic E-state index is -0.439. The molecule has 1 aliphatic rings. The summed E-state index contributed by atoms with van der Waals surface area (Å²) >= 11 is 12.5. The second-order valence-corrected chi connectivity index (χ2v) is 7.66. The van der Waals surface area contributed by atoms with Crippen LogP contribution in [0.15, 0.2) is 48.5 Å². The Morgan fingerprint density at radius 1 is 1.06 bits per heavy atom. The van der Waals surface area contributed by atoms with Crippen molar-refractivity contribution in [1.29, 1.82) is 0 Å². The van der Waals surface area contributed by atoms with E-state index in [2.05, 4.69) is 10.4 Å². The van der Waals surface area contributed by atoms with Crippen LogP contribution in [0.5, 0.6) is 0 Å². The molecule has 0 aliphatic carbocycles. The zero-order chi connectivity index (χ0) is 22.3. The summed E-state index contributed by atoms with van der Waals surface area (Å²) in [5, 5.41) is 7.45. The summed E-state index contributed by atoms with van der Waals surface area (Å²) < 4.78 is 1.52. The van der Waals surface area contributed by atoms with Crippen molar-refractivity contribution in [2.45, 2.75) is 6.92 Å². The van der Waals surface area contributed by atoms with E-state index < -0.39 is 17.7 Å². The van der Waals surface area contributed by atoms with Crippen LogP contribution in [-0.4, -0.2) is 27.5 Å². The van der Waals surface area contributed by atoms with Crippen LogP contribution >= 0.6 is 23.2 Å². The molecule has 0 unspecified atom stereocenters. The molecule has 2 heterocycles. The van der Waals surface area contributed by atoms with Crippen molar-refractivity contribution in [1.82, 2.24) is 9.78 Å². The van der Waals surface area contributed by atoms with Crippen molar-refractivity contribution in [3.8, 4) is 0 Å². The number of carbonyl (C=O) groups excluding carboxylic acids is 3. The third-order valence-electron chi connectivity index (χ3n) is 4.85. The summed E-state index contributed by atoms with van der Waals surface area (Å²) in [5.74, 6) is -1.28. The number of hydrogen-bond acceptors (Lipinski definition) is 4. The van der Waals surface area contributed by atoms with Gasteiger partial charge in [0.25, 0.3) is 11.8 Å². The number of anilines is 2. The third-order valence-corrected chi connectivity index (χ3v) is 5.60. The number of nitrogens with one attached hydrogen (secondary N) is 1. The smallest absolute Gasteiger partial charge is 0.266 e. The zero-order valence-corrected chi connectivity index (χ0v) is 18.0. The van der Waals surface area contributed by atoms with Crippen molar-refractivity contribution in [2.24, 2.45) is 7.05 Å². The van der Waals surface area contributed by atoms with E-state index in [0.717, 1.165) is 4.90 Å². The minimum Gasteiger partial charge on any atom is -0.322 e. The molecular weight excluding hydrogens is 439 g/mol. The Bertz CT molecular complexity index is 1240. The number of carbonyl (C=O) groups is 3. The van der Waals surface area contributed by atoms with E-state index >= 15 is 0 Å². The van der Waals surface area contributed by atoms with E-state index in [4.69, 9.17) is 23.2 Å². The van der Waals surface area contributed by atoms with E-state index in [-0.39, 0.29) is 10.7 Å². The maximum atomic E-state index is 12.6. The molecule has 0 atom stereocenters. The van der Waals surface area contributed by atoms with E-state index in [1.807, 2.05) is 0 Å². The van der Waals surface area contributed by atoms with Crippen molar-refractivity contribution >= 4 is 58.4 Å². The molecule has 0 radical (unpaired) electrons. The van der Waals surface area contributed by atoms with Crippen LogP contribution in [0.1, 0.15) is 32.0 Å². The third kappa shape index (κ3) is 3.73. The molecule has 1 aliphatic heterocycles. The van der Waals surface area contributed by atoms with Gasteiger partial charge in [0, 0.05) is 24.4 Å². The fraction of sp³-hybridized carbons (Fsp3) is 0.0909. The second kappa shape index (κ2) is 8.02. The van der Waals surface area contributed by atoms with Crippen LogP contribution in [0.2, 0.25) is 10.2 Å². The molecule has 1 N–H and O–H groups in total. The summed E-state index contributed by atoms with van der Waals surface area (Å²) in [6.07, 6.45) is 2.91. The Morgan fingerprint density at radius 2 is 1.71 bits per heavy atom. The first-order valence-electron chi connectivity index (χ1n) is 9.23. The fourth-order valence-corrected chi connectivity index (χ4v) is 3.86. The first-order valence-corrected chi connectivity index (χ1v) is 9.99. The highest BCUT2D eigenvalue weighted by Gasteiger charge is 2.37. The fourth-order valence-electron chi connectivity index (χ4n) is 3.35. The molecular formula is C22H16Cl2N4O3. The number of halogens is 2. The van der Waals surface area contributed by atoms with Crippen molar-refractivity contribution in [3.05, 3.63) is 81.1 Å². The highest BCUT2D eigenvalue weighted by molar-refractivity contribution is 6.40. The minimum absolute atomic E-state index is 0.155. The molecule has 1 aromatic heterocycles. The van der Waals surface area contributed by atoms with E-state index in [9.17, 15) is 14.4 Å². The molecule has 0 saturated heterocycles. The Hall–Kier alpha value is -3.42. The standard InChI is InChI=1S/C22H16Cl2N4O3/c1-12-14(20(24)27(2)26-12)8-10-19(29)25-13-7-9-18(17(23)11-13)28-21(30)15-5-3-4-6-16(15)22(28)31/h3-11H,1-2H3,(H,25,29)/b10-8+. The largest absolute Gasteiger partial charge is 0.322 e. The number of hydrogen-bond donors (Lipinski definition) is 1. The van der Waals surface area contributed by atoms with Gasteiger partial charge in [-0.3, -0.25) is 19.1 Å². The lowest BCUT2D eigenvalue weighted by molar-refractivity contribution is -0.111. The molecule has 4 rings (SSSR count). The maximum absolute atomic E-state index is 12.6. The number of imide groups is 1. The van der Waals surface area contributed by atoms with Gasteiger partial charge in [0.05, 0.1) is 27.5 Å². The molecule has 0 spiro atoms. The average Bonchev–Trinajstić information content (AvgIpc) is 3.13. The van der Waals surface area contributed by atoms with Gasteiger partial charge in [0.1, 0.15) is 5.15 Å². The van der Waals surface area contributed by atoms with Gasteiger partial charge >= 0.3 is 0 Å². The summed E-state index contributed by atoms with van der Waals surface area (Å²) in [6, 6.07) is 11.2. The van der Waals surface area contributed by atoms with Crippen molar-refractivity contribution in [3.63, 3.8) is 0 Å². The molecule has 0 bridgehead atoms. The maximum Gasteiger partial charge on any atom is 0.266 e. The van der Waals surface area contributed by atoms with Crippen molar-refractivity contribution in [2.75, 3.05) is 10.2 Å². The Kier molecular flexibility index (Phi) is 5.39. The molecule has 7 nitrogen and oxygen atoms in total. The molecule has 156 valence electrons. The molecule has 3 aromatic rings. The molecule has 31 heavy (non-hydrogen) atoms. The normalized spacial score (nSPS) is 13.2. The summed E-state index contributed by atoms with van der Waals surface area (Å²) in [5.41, 5.74) is 2.67. The number of amides is 3. The van der Waals surface area contributed by atoms with Gasteiger partial charge in [-0.1, -0.05) is 35.3 Å². The molecule has 0 saturated carbocycles. The highest BCUT2D eigenvalue weighted by Crippen LogP contribution is 2.34. The summed E-state index contributed by atoms with van der Waals surface area (Å²) in [6.45, 7) is 1.79. The topological polar surface area (TPSA) is 84.3 Å². The van der Waals surface area contributed by atoms with E-state index in [0.29, 0.717) is 33.2 Å². The molecule has 0 fully saturated rings. The van der Waals surface area contributed by atoms with E-state index in [1.165, 1.54) is 22.9 Å². The number of nitrogens with zero attached hydrogens (tertiary/aromatic N) is 3. The number of aromatic nitrogens is 2. The van der Waals surface area contributed by atoms with Gasteiger partial charge in [0.15, 0.2) is 0 Å². The number of aryl methyl sites for hydroxylation is 2. The van der Waals surface area contributed by atoms with Crippen LogP contribution < -0.4 is 10.2 Å². The van der Waals surface area contributed by atoms with E-state index in [1.54, 1.807) is 50.4 Å². The predicted molar refractivity (Wildman–Crippen MR) is 120 cm³/mol. The van der Waals surface area contributed by atoms with Crippen LogP contribution in [0.25, 0.3) is 6.08 Å². The van der Waals surface area contributed by atoms with Crippen molar-refractivity contribution < 1.29 is 14.4 Å². The quantitative estimate of drug-likeness (QED) is 0.464. The van der Waals surface area contributed by atoms with Gasteiger partial charge in [-0.05, 0) is 43.3 Å². The van der Waals surface area contributed by atoms with Crippen LogP contribution in [0, 0.1) is 6.92 Å². The summed E-state index contributed by atoms with van der Waals surface area (Å²) in [7, 11) is 1.71. The number of benzene rings is 2. The van der Waals surface area contributed by atoms with Crippen LogP contribution in [0.4, 0.5) is 11.4 Å². The zero-order valence-electron chi connectivity index (χ0n) is 16.5. The first kappa shape index (κ1) is 20.8. The highest BCUT2D eigenvalue weighted by atomic mass is 35.5. The van der Waals surface area contributed by atoms with Gasteiger partial charge in [-0.2, -0.15) is 5.10 Å². The predicted octanol–water partition coefficient (Wildman–Crippen LogP) is 4.49. The lowest BCUT2D eigenvalue weighted by Gasteiger charge is -2.16. The van der Waals surface area contributed by atoms with Gasteiger partial charge in [0.2, 0.25) is 5.91 Å². The Morgan fingerprint density at radius 3 is 2.26 bits per heavy atom. The van der Waals surface area contributed by atoms with Crippen LogP contribution in [0.3, 0.4) is 0 Å². The number of rotatable bonds is 4. The molecule has 3 amide bonds. The number of fused-ring (bicyclic) bond motifs is 1. The van der Waals surface area contributed by atoms with Gasteiger partial charge < -0.3 is 5.32 Å². The monoisotopic (exact) mass is 454 g/mol.